The molecule has 158 valence electrons. The quantitative estimate of drug-likeness (QED) is 0.182. The van der Waals surface area contributed by atoms with E-state index in [4.69, 9.17) is 11.5 Å². The molecule has 1 aromatic rings. The number of carbonyl (C=O) groups excluding carboxylic acids is 3. The molecule has 0 saturated heterocycles. The molecule has 30 heavy (non-hydrogen) atoms. The summed E-state index contributed by atoms with van der Waals surface area (Å²) in [6.07, 6.45) is -2.10. The lowest BCUT2D eigenvalue weighted by Crippen LogP contribution is -2.62. The molecule has 1 amide bonds. The molecule has 1 aromatic carbocycles. The Morgan fingerprint density at radius 2 is 1.83 bits per heavy atom. The molecule has 9 N–H and O–H groups in total. The number of aromatic hydroxyl groups is 1. The Morgan fingerprint density at radius 3 is 2.43 bits per heavy atom. The van der Waals surface area contributed by atoms with Crippen LogP contribution in [0.25, 0.3) is 0 Å². The number of anilines is 1. The second-order valence-electron chi connectivity index (χ2n) is 7.95. The zero-order chi connectivity index (χ0) is 22.3. The smallest absolute Gasteiger partial charge is 0.255 e. The molecule has 0 spiro atoms. The van der Waals surface area contributed by atoms with E-state index in [1.54, 1.807) is 6.92 Å². The number of nitrogens with two attached hydrogens (primary N) is 2. The summed E-state index contributed by atoms with van der Waals surface area (Å²) in [6.45, 7) is 1.61. The molecular formula is C20H20N2O8. The number of aliphatic hydroxyl groups is 4. The Morgan fingerprint density at radius 1 is 1.20 bits per heavy atom. The van der Waals surface area contributed by atoms with Crippen LogP contribution in [0.2, 0.25) is 0 Å². The molecule has 5 atom stereocenters. The number of rotatable bonds is 1. The molecule has 3 aliphatic carbocycles. The van der Waals surface area contributed by atoms with E-state index in [2.05, 4.69) is 0 Å². The number of fused-ring (bicyclic) bond motifs is 3. The van der Waals surface area contributed by atoms with Gasteiger partial charge in [-0.05, 0) is 23.6 Å². The van der Waals surface area contributed by atoms with Crippen LogP contribution in [0.4, 0.5) is 5.69 Å². The van der Waals surface area contributed by atoms with Crippen molar-refractivity contribution < 1.29 is 39.9 Å². The Bertz CT molecular complexity index is 1100. The Labute approximate surface area is 169 Å². The fraction of sp³-hybridized carbons (Fsp3) is 0.350. The number of nitrogen functional groups attached to an aromatic ring is 1. The molecule has 0 heterocycles. The average Bonchev–Trinajstić information content (AvgIpc) is 2.66. The monoisotopic (exact) mass is 416 g/mol. The summed E-state index contributed by atoms with van der Waals surface area (Å²) in [5.41, 5.74) is 7.17. The van der Waals surface area contributed by atoms with Crippen LogP contribution in [0.15, 0.2) is 34.8 Å². The van der Waals surface area contributed by atoms with E-state index in [0.717, 1.165) is 0 Å². The largest absolute Gasteiger partial charge is 0.511 e. The molecule has 0 fully saturated rings. The Hall–Kier alpha value is -3.37. The molecular weight excluding hydrogens is 396 g/mol. The average molecular weight is 416 g/mol. The van der Waals surface area contributed by atoms with Crippen LogP contribution in [-0.4, -0.2) is 54.7 Å². The molecule has 0 aromatic heterocycles. The number of carbonyl (C=O) groups is 3. The molecule has 10 nitrogen and oxygen atoms in total. The van der Waals surface area contributed by atoms with Crippen LogP contribution < -0.4 is 11.5 Å². The van der Waals surface area contributed by atoms with Gasteiger partial charge in [-0.3, -0.25) is 14.4 Å². The van der Waals surface area contributed by atoms with Crippen LogP contribution in [0.5, 0.6) is 5.75 Å². The summed E-state index contributed by atoms with van der Waals surface area (Å²) in [5, 5.41) is 53.5. The van der Waals surface area contributed by atoms with Gasteiger partial charge in [0.1, 0.15) is 22.8 Å². The number of hydrogen-bond acceptors (Lipinski definition) is 9. The van der Waals surface area contributed by atoms with Gasteiger partial charge in [-0.15, -0.1) is 0 Å². The lowest BCUT2D eigenvalue weighted by atomic mass is 9.56. The summed E-state index contributed by atoms with van der Waals surface area (Å²) in [7, 11) is 0. The first-order valence-corrected chi connectivity index (χ1v) is 9.21. The number of amides is 1. The number of phenolic OH excluding ortho intramolecular Hbond substituents is 1. The van der Waals surface area contributed by atoms with Crippen LogP contribution in [0.3, 0.4) is 0 Å². The van der Waals surface area contributed by atoms with Crippen molar-refractivity contribution in [1.29, 1.82) is 0 Å². The van der Waals surface area contributed by atoms with Crippen molar-refractivity contribution in [3.63, 3.8) is 0 Å². The van der Waals surface area contributed by atoms with Gasteiger partial charge in [-0.1, -0.05) is 6.92 Å². The fourth-order valence-electron chi connectivity index (χ4n) is 5.11. The van der Waals surface area contributed by atoms with Crippen LogP contribution in [0.1, 0.15) is 35.2 Å². The zero-order valence-corrected chi connectivity index (χ0v) is 15.8. The minimum Gasteiger partial charge on any atom is -0.511 e. The molecule has 0 bridgehead atoms. The maximum Gasteiger partial charge on any atom is 0.255 e. The van der Waals surface area contributed by atoms with Crippen molar-refractivity contribution in [2.24, 2.45) is 17.6 Å². The number of ketones is 2. The fourth-order valence-corrected chi connectivity index (χ4v) is 5.11. The first kappa shape index (κ1) is 19.9. The molecule has 0 radical (unpaired) electrons. The number of allylic oxidation sites excluding steroid dienone is 1. The van der Waals surface area contributed by atoms with Crippen LogP contribution in [0, 0.1) is 11.8 Å². The number of phenols is 1. The second-order valence-corrected chi connectivity index (χ2v) is 7.95. The first-order chi connectivity index (χ1) is 13.9. The van der Waals surface area contributed by atoms with Gasteiger partial charge < -0.3 is 37.0 Å². The van der Waals surface area contributed by atoms with E-state index in [1.807, 2.05) is 0 Å². The topological polar surface area (TPSA) is 204 Å². The third kappa shape index (κ3) is 2.17. The van der Waals surface area contributed by atoms with E-state index in [9.17, 15) is 39.9 Å². The highest BCUT2D eigenvalue weighted by molar-refractivity contribution is 6.24. The molecule has 0 saturated carbocycles. The van der Waals surface area contributed by atoms with Crippen molar-refractivity contribution in [1.82, 2.24) is 0 Å². The van der Waals surface area contributed by atoms with Gasteiger partial charge in [0.2, 0.25) is 5.78 Å². The summed E-state index contributed by atoms with van der Waals surface area (Å²) in [6, 6.07) is 2.60. The predicted octanol–water partition coefficient (Wildman–Crippen LogP) is -0.306. The van der Waals surface area contributed by atoms with Gasteiger partial charge in [0.05, 0.1) is 11.7 Å². The first-order valence-electron chi connectivity index (χ1n) is 9.21. The van der Waals surface area contributed by atoms with Crippen molar-refractivity contribution in [3.05, 3.63) is 45.9 Å². The van der Waals surface area contributed by atoms with Crippen LogP contribution in [-0.2, 0) is 9.59 Å². The SMILES string of the molecule is CC1c2c(N)ccc(O)c2C(=O)C2=C(O)[C@]3(O)C(=O)C(C(N)=O)=C(O)C[C@@H]3[C@@H](O)[C@@H]21. The molecule has 3 aliphatic rings. The van der Waals surface area contributed by atoms with Gasteiger partial charge in [0.15, 0.2) is 11.4 Å². The number of hydrogen-bond donors (Lipinski definition) is 7. The molecule has 4 rings (SSSR count). The van der Waals surface area contributed by atoms with Crippen molar-refractivity contribution >= 4 is 23.2 Å². The summed E-state index contributed by atoms with van der Waals surface area (Å²) in [4.78, 5) is 37.7. The minimum absolute atomic E-state index is 0.189. The van der Waals surface area contributed by atoms with E-state index in [0.29, 0.717) is 0 Å². The highest BCUT2D eigenvalue weighted by Gasteiger charge is 2.64. The number of primary amides is 1. The van der Waals surface area contributed by atoms with E-state index in [-0.39, 0.29) is 16.8 Å². The second kappa shape index (κ2) is 6.07. The standard InChI is InChI=1S/C20H20N2O8/c1-5-10-7(21)2-3-8(23)12(10)16(26)14-11(5)15(25)6-4-9(24)13(19(22)29)17(27)20(6,30)18(14)28/h2-3,5-6,11,15,23-25,28,30H,4,21H2,1H3,(H2,22,29)/t5?,6-,11-,15-,20-/m1/s1. The van der Waals surface area contributed by atoms with Crippen molar-refractivity contribution in [2.75, 3.05) is 5.73 Å². The van der Waals surface area contributed by atoms with Gasteiger partial charge in [0, 0.05) is 29.5 Å². The van der Waals surface area contributed by atoms with Gasteiger partial charge in [-0.25, -0.2) is 0 Å². The summed E-state index contributed by atoms with van der Waals surface area (Å²) in [5.74, 6) is -9.04. The molecule has 10 heteroatoms. The highest BCUT2D eigenvalue weighted by Crippen LogP contribution is 2.55. The predicted molar refractivity (Wildman–Crippen MR) is 101 cm³/mol. The van der Waals surface area contributed by atoms with Crippen molar-refractivity contribution in [2.45, 2.75) is 31.0 Å². The number of benzene rings is 1. The maximum absolute atomic E-state index is 13.2. The van der Waals surface area contributed by atoms with Crippen LogP contribution >= 0.6 is 0 Å². The third-order valence-electron chi connectivity index (χ3n) is 6.51. The van der Waals surface area contributed by atoms with Gasteiger partial charge in [-0.2, -0.15) is 0 Å². The van der Waals surface area contributed by atoms with E-state index < -0.39 is 81.8 Å². The number of Topliss-reactive ketones (excluding diaryl/α,β-unsaturated/α-hetero) is 2. The third-order valence-corrected chi connectivity index (χ3v) is 6.51. The normalized spacial score (nSPS) is 33.2. The Balaban J connectivity index is 2.02. The molecule has 0 aliphatic heterocycles. The number of aliphatic hydroxyl groups excluding tert-OH is 3. The van der Waals surface area contributed by atoms with Gasteiger partial charge >= 0.3 is 0 Å². The van der Waals surface area contributed by atoms with Gasteiger partial charge in [0.25, 0.3) is 5.91 Å². The van der Waals surface area contributed by atoms with E-state index >= 15 is 0 Å². The van der Waals surface area contributed by atoms with Crippen molar-refractivity contribution in [3.8, 4) is 5.75 Å². The lowest BCUT2D eigenvalue weighted by Gasteiger charge is -2.50. The summed E-state index contributed by atoms with van der Waals surface area (Å²) >= 11 is 0. The van der Waals surface area contributed by atoms with E-state index in [1.165, 1.54) is 12.1 Å². The highest BCUT2D eigenvalue weighted by atomic mass is 16.4. The molecule has 1 unspecified atom stereocenters. The lowest BCUT2D eigenvalue weighted by molar-refractivity contribution is -0.154. The Kier molecular flexibility index (Phi) is 4.03. The maximum atomic E-state index is 13.2. The minimum atomic E-state index is -2.84. The zero-order valence-electron chi connectivity index (χ0n) is 15.8. The summed E-state index contributed by atoms with van der Waals surface area (Å²) < 4.78 is 0.